The normalized spacial score (nSPS) is 12.7. The Morgan fingerprint density at radius 1 is 0.280 bits per heavy atom. The Morgan fingerprint density at radius 3 is 0.827 bits per heavy atom. The number of rotatable bonds is 57. The molecule has 0 aromatic heterocycles. The summed E-state index contributed by atoms with van der Waals surface area (Å²) < 4.78 is 16.9. The van der Waals surface area contributed by atoms with Crippen molar-refractivity contribution in [3.63, 3.8) is 0 Å². The van der Waals surface area contributed by atoms with Crippen molar-refractivity contribution in [3.8, 4) is 0 Å². The highest BCUT2D eigenvalue weighted by Crippen LogP contribution is 2.16. The number of carbonyl (C=O) groups excluding carboxylic acids is 3. The molecule has 0 fully saturated rings. The SMILES string of the molecule is CC/C=C\C/C=C\C/C=C\C/C=C\C/C=C\C/C=C\CCCCCCCCCCC(=O)OCC(COC(=O)CCCCCCCCCCCCCCCC)OC(=O)CCCCCCC/C=C\C/C=C\CCCCCC. The fourth-order valence-corrected chi connectivity index (χ4v) is 8.83. The molecular formula is C69H118O6. The maximum Gasteiger partial charge on any atom is 0.306 e. The van der Waals surface area contributed by atoms with E-state index in [-0.39, 0.29) is 31.1 Å². The number of carbonyl (C=O) groups is 3. The molecule has 0 bridgehead atoms. The third-order valence-corrected chi connectivity index (χ3v) is 13.6. The summed E-state index contributed by atoms with van der Waals surface area (Å²) in [5.41, 5.74) is 0. The molecule has 6 nitrogen and oxygen atoms in total. The predicted octanol–water partition coefficient (Wildman–Crippen LogP) is 21.7. The zero-order valence-corrected chi connectivity index (χ0v) is 49.3. The molecule has 0 aromatic rings. The first-order valence-electron chi connectivity index (χ1n) is 31.7. The Morgan fingerprint density at radius 2 is 0.520 bits per heavy atom. The summed E-state index contributed by atoms with van der Waals surface area (Å²) >= 11 is 0. The molecule has 0 aliphatic carbocycles. The second-order valence-corrected chi connectivity index (χ2v) is 20.9. The lowest BCUT2D eigenvalue weighted by Gasteiger charge is -2.18. The fourth-order valence-electron chi connectivity index (χ4n) is 8.83. The molecule has 0 saturated carbocycles. The second-order valence-electron chi connectivity index (χ2n) is 20.9. The van der Waals surface area contributed by atoms with Crippen LogP contribution in [-0.2, 0) is 28.6 Å². The first kappa shape index (κ1) is 71.3. The van der Waals surface area contributed by atoms with Crippen molar-refractivity contribution < 1.29 is 28.6 Å². The van der Waals surface area contributed by atoms with Gasteiger partial charge in [-0.05, 0) is 103 Å². The van der Waals surface area contributed by atoms with Crippen LogP contribution in [0, 0.1) is 0 Å². The van der Waals surface area contributed by atoms with Crippen LogP contribution in [0.3, 0.4) is 0 Å². The summed E-state index contributed by atoms with van der Waals surface area (Å²) in [5, 5.41) is 0. The average molecular weight is 1040 g/mol. The standard InChI is InChI=1S/C69H118O6/c1-4-7-10-13-16-19-22-25-28-30-31-32-33-34-35-36-37-38-39-40-42-44-47-50-53-56-59-62-68(71)74-65-66(64-73-67(70)61-58-55-52-49-46-43-27-24-21-18-15-12-9-6-3)75-69(72)63-60-57-54-51-48-45-41-29-26-23-20-17-14-11-8-5-2/h7,10,16,19-20,23,25,28-29,31-32,34-35,37-38,41,66H,4-6,8-9,11-15,17-18,21-22,24,26-27,30,33,36,39-40,42-65H2,1-3H3/b10-7-,19-16-,23-20-,28-25-,32-31-,35-34-,38-37-,41-29-. The van der Waals surface area contributed by atoms with Gasteiger partial charge in [0.25, 0.3) is 0 Å². The van der Waals surface area contributed by atoms with Crippen molar-refractivity contribution >= 4 is 17.9 Å². The van der Waals surface area contributed by atoms with Gasteiger partial charge in [-0.3, -0.25) is 14.4 Å². The first-order chi connectivity index (χ1) is 37.0. The third-order valence-electron chi connectivity index (χ3n) is 13.6. The van der Waals surface area contributed by atoms with Crippen molar-refractivity contribution in [2.75, 3.05) is 13.2 Å². The van der Waals surface area contributed by atoms with Gasteiger partial charge < -0.3 is 14.2 Å². The van der Waals surface area contributed by atoms with Crippen LogP contribution >= 0.6 is 0 Å². The lowest BCUT2D eigenvalue weighted by Crippen LogP contribution is -2.30. The highest BCUT2D eigenvalue weighted by molar-refractivity contribution is 5.71. The van der Waals surface area contributed by atoms with Gasteiger partial charge in [0.05, 0.1) is 0 Å². The molecule has 1 unspecified atom stereocenters. The number of hydrogen-bond donors (Lipinski definition) is 0. The van der Waals surface area contributed by atoms with E-state index in [1.165, 1.54) is 135 Å². The molecule has 0 rings (SSSR count). The molecule has 430 valence electrons. The monoisotopic (exact) mass is 1040 g/mol. The first-order valence-corrected chi connectivity index (χ1v) is 31.7. The van der Waals surface area contributed by atoms with E-state index in [0.29, 0.717) is 19.3 Å². The van der Waals surface area contributed by atoms with E-state index >= 15 is 0 Å². The van der Waals surface area contributed by atoms with Crippen LogP contribution in [-0.4, -0.2) is 37.2 Å². The Balaban J connectivity index is 4.34. The lowest BCUT2D eigenvalue weighted by molar-refractivity contribution is -0.167. The van der Waals surface area contributed by atoms with Crippen LogP contribution in [0.1, 0.15) is 303 Å². The minimum absolute atomic E-state index is 0.0832. The van der Waals surface area contributed by atoms with Crippen molar-refractivity contribution in [2.24, 2.45) is 0 Å². The van der Waals surface area contributed by atoms with E-state index in [1.54, 1.807) is 0 Å². The Labute approximate surface area is 464 Å². The maximum atomic E-state index is 12.9. The van der Waals surface area contributed by atoms with Crippen molar-refractivity contribution in [2.45, 2.75) is 309 Å². The van der Waals surface area contributed by atoms with Crippen molar-refractivity contribution in [1.82, 2.24) is 0 Å². The van der Waals surface area contributed by atoms with E-state index in [2.05, 4.69) is 118 Å². The summed E-state index contributed by atoms with van der Waals surface area (Å²) in [6.45, 7) is 6.52. The van der Waals surface area contributed by atoms with Crippen LogP contribution in [0.15, 0.2) is 97.2 Å². The molecule has 0 spiro atoms. The van der Waals surface area contributed by atoms with Crippen LogP contribution in [0.5, 0.6) is 0 Å². The molecule has 0 aliphatic rings. The Hall–Kier alpha value is -3.67. The lowest BCUT2D eigenvalue weighted by atomic mass is 10.0. The Bertz CT molecular complexity index is 1480. The van der Waals surface area contributed by atoms with Gasteiger partial charge in [-0.25, -0.2) is 0 Å². The van der Waals surface area contributed by atoms with Gasteiger partial charge in [0.15, 0.2) is 6.10 Å². The van der Waals surface area contributed by atoms with Gasteiger partial charge in [0.1, 0.15) is 13.2 Å². The van der Waals surface area contributed by atoms with E-state index in [4.69, 9.17) is 14.2 Å². The molecule has 75 heavy (non-hydrogen) atoms. The molecule has 1 atom stereocenters. The minimum Gasteiger partial charge on any atom is -0.462 e. The zero-order valence-electron chi connectivity index (χ0n) is 49.3. The minimum atomic E-state index is -0.788. The molecule has 0 N–H and O–H groups in total. The average Bonchev–Trinajstić information content (AvgIpc) is 3.41. The third kappa shape index (κ3) is 61.1. The van der Waals surface area contributed by atoms with Gasteiger partial charge in [-0.15, -0.1) is 0 Å². The van der Waals surface area contributed by atoms with Gasteiger partial charge in [0, 0.05) is 19.3 Å². The smallest absolute Gasteiger partial charge is 0.306 e. The van der Waals surface area contributed by atoms with Crippen molar-refractivity contribution in [1.29, 1.82) is 0 Å². The van der Waals surface area contributed by atoms with Crippen LogP contribution in [0.25, 0.3) is 0 Å². The molecule has 0 saturated heterocycles. The Kier molecular flexibility index (Phi) is 59.8. The topological polar surface area (TPSA) is 78.9 Å². The van der Waals surface area contributed by atoms with Crippen molar-refractivity contribution in [3.05, 3.63) is 97.2 Å². The number of ether oxygens (including phenoxy) is 3. The van der Waals surface area contributed by atoms with Gasteiger partial charge in [0.2, 0.25) is 0 Å². The number of allylic oxidation sites excluding steroid dienone is 16. The summed E-state index contributed by atoms with van der Waals surface area (Å²) in [4.78, 5) is 38.3. The molecule has 0 heterocycles. The molecule has 0 aliphatic heterocycles. The van der Waals surface area contributed by atoms with Crippen LogP contribution in [0.2, 0.25) is 0 Å². The summed E-state index contributed by atoms with van der Waals surface area (Å²) in [6, 6.07) is 0. The van der Waals surface area contributed by atoms with Gasteiger partial charge in [-0.2, -0.15) is 0 Å². The molecular weight excluding hydrogens is 925 g/mol. The number of esters is 3. The van der Waals surface area contributed by atoms with E-state index in [9.17, 15) is 14.4 Å². The van der Waals surface area contributed by atoms with Gasteiger partial charge in [-0.1, -0.05) is 279 Å². The van der Waals surface area contributed by atoms with Gasteiger partial charge >= 0.3 is 17.9 Å². The molecule has 0 radical (unpaired) electrons. The fraction of sp³-hybridized carbons (Fsp3) is 0.725. The van der Waals surface area contributed by atoms with Crippen LogP contribution < -0.4 is 0 Å². The highest BCUT2D eigenvalue weighted by Gasteiger charge is 2.19. The summed E-state index contributed by atoms with van der Waals surface area (Å²) in [6.07, 6.45) is 84.0. The predicted molar refractivity (Wildman–Crippen MR) is 325 cm³/mol. The molecule has 6 heteroatoms. The van der Waals surface area contributed by atoms with Crippen LogP contribution in [0.4, 0.5) is 0 Å². The van der Waals surface area contributed by atoms with E-state index < -0.39 is 6.10 Å². The quantitative estimate of drug-likeness (QED) is 0.0261. The maximum absolute atomic E-state index is 12.9. The molecule has 0 amide bonds. The highest BCUT2D eigenvalue weighted by atomic mass is 16.6. The largest absolute Gasteiger partial charge is 0.462 e. The van der Waals surface area contributed by atoms with E-state index in [0.717, 1.165) is 128 Å². The molecule has 0 aromatic carbocycles. The van der Waals surface area contributed by atoms with E-state index in [1.807, 2.05) is 0 Å². The number of unbranched alkanes of at least 4 members (excludes halogenated alkanes) is 30. The zero-order chi connectivity index (χ0) is 54.3. The second kappa shape index (κ2) is 62.9. The number of hydrogen-bond acceptors (Lipinski definition) is 6. The summed E-state index contributed by atoms with van der Waals surface area (Å²) in [5.74, 6) is -0.896. The summed E-state index contributed by atoms with van der Waals surface area (Å²) in [7, 11) is 0.